The molecule has 2 aromatic carbocycles. The van der Waals surface area contributed by atoms with E-state index in [0.29, 0.717) is 6.42 Å². The maximum absolute atomic E-state index is 12.4. The van der Waals surface area contributed by atoms with Crippen molar-refractivity contribution in [1.29, 1.82) is 0 Å². The van der Waals surface area contributed by atoms with Crippen molar-refractivity contribution in [3.05, 3.63) is 65.2 Å². The van der Waals surface area contributed by atoms with E-state index in [4.69, 9.17) is 0 Å². The largest absolute Gasteiger partial charge is 0.345 e. The van der Waals surface area contributed by atoms with Gasteiger partial charge in [-0.1, -0.05) is 48.5 Å². The third-order valence-electron chi connectivity index (χ3n) is 4.68. The molecule has 6 heteroatoms. The molecule has 0 saturated heterocycles. The molecule has 0 radical (unpaired) electrons. The standard InChI is InChI=1S/C23H29N3O3/c1-16-9-8-10-17(2)23(16)25-22(29)15-26(4)14-21(28)24-20(18(3)27)13-19-11-6-5-7-12-19/h5-12,20H,13-15H2,1-4H3,(H,24,28)(H,25,29). The lowest BCUT2D eigenvalue weighted by atomic mass is 10.0. The molecular weight excluding hydrogens is 366 g/mol. The van der Waals surface area contributed by atoms with Crippen LogP contribution in [0.4, 0.5) is 5.69 Å². The van der Waals surface area contributed by atoms with E-state index in [0.717, 1.165) is 22.4 Å². The number of likely N-dealkylation sites (N-methyl/N-ethyl adjacent to an activating group) is 1. The Balaban J connectivity index is 1.87. The van der Waals surface area contributed by atoms with Crippen molar-refractivity contribution in [2.45, 2.75) is 33.2 Å². The second-order valence-corrected chi connectivity index (χ2v) is 7.41. The first-order valence-corrected chi connectivity index (χ1v) is 9.64. The zero-order chi connectivity index (χ0) is 21.4. The van der Waals surface area contributed by atoms with Gasteiger partial charge in [0.15, 0.2) is 5.78 Å². The van der Waals surface area contributed by atoms with Gasteiger partial charge in [-0.05, 0) is 50.9 Å². The molecule has 0 bridgehead atoms. The smallest absolute Gasteiger partial charge is 0.238 e. The predicted molar refractivity (Wildman–Crippen MR) is 115 cm³/mol. The number of nitrogens with one attached hydrogen (secondary N) is 2. The van der Waals surface area contributed by atoms with Crippen LogP contribution in [0, 0.1) is 13.8 Å². The first kappa shape index (κ1) is 22.3. The van der Waals surface area contributed by atoms with Crippen molar-refractivity contribution in [3.8, 4) is 0 Å². The topological polar surface area (TPSA) is 78.5 Å². The fraction of sp³-hybridized carbons (Fsp3) is 0.348. The second kappa shape index (κ2) is 10.5. The molecule has 1 unspecified atom stereocenters. The molecule has 0 saturated carbocycles. The van der Waals surface area contributed by atoms with Crippen LogP contribution in [-0.2, 0) is 20.8 Å². The van der Waals surface area contributed by atoms with Gasteiger partial charge in [-0.25, -0.2) is 0 Å². The average Bonchev–Trinajstić information content (AvgIpc) is 2.65. The SMILES string of the molecule is CC(=O)C(Cc1ccccc1)NC(=O)CN(C)CC(=O)Nc1c(C)cccc1C. The zero-order valence-corrected chi connectivity index (χ0v) is 17.5. The molecule has 0 spiro atoms. The van der Waals surface area contributed by atoms with Gasteiger partial charge in [-0.2, -0.15) is 0 Å². The molecule has 2 amide bonds. The number of nitrogens with zero attached hydrogens (tertiary/aromatic N) is 1. The summed E-state index contributed by atoms with van der Waals surface area (Å²) in [6, 6.07) is 14.8. The number of anilines is 1. The van der Waals surface area contributed by atoms with Crippen molar-refractivity contribution >= 4 is 23.3 Å². The molecule has 29 heavy (non-hydrogen) atoms. The van der Waals surface area contributed by atoms with Crippen molar-refractivity contribution in [2.24, 2.45) is 0 Å². The Morgan fingerprint density at radius 1 is 0.897 bits per heavy atom. The molecule has 0 aliphatic heterocycles. The molecule has 0 aliphatic rings. The van der Waals surface area contributed by atoms with Crippen LogP contribution in [0.25, 0.3) is 0 Å². The number of rotatable bonds is 9. The summed E-state index contributed by atoms with van der Waals surface area (Å²) in [4.78, 5) is 38.3. The number of hydrogen-bond donors (Lipinski definition) is 2. The number of carbonyl (C=O) groups excluding carboxylic acids is 3. The highest BCUT2D eigenvalue weighted by molar-refractivity contribution is 5.94. The lowest BCUT2D eigenvalue weighted by molar-refractivity contribution is -0.128. The van der Waals surface area contributed by atoms with E-state index in [1.54, 1.807) is 11.9 Å². The van der Waals surface area contributed by atoms with E-state index in [9.17, 15) is 14.4 Å². The normalized spacial score (nSPS) is 11.8. The Labute approximate surface area is 172 Å². The van der Waals surface area contributed by atoms with Crippen LogP contribution in [0.3, 0.4) is 0 Å². The summed E-state index contributed by atoms with van der Waals surface area (Å²) >= 11 is 0. The molecule has 2 aromatic rings. The Morgan fingerprint density at radius 3 is 2.07 bits per heavy atom. The average molecular weight is 396 g/mol. The van der Waals surface area contributed by atoms with Crippen LogP contribution in [0.15, 0.2) is 48.5 Å². The van der Waals surface area contributed by atoms with Crippen LogP contribution in [0.5, 0.6) is 0 Å². The number of para-hydroxylation sites is 1. The quantitative estimate of drug-likeness (QED) is 0.684. The number of aryl methyl sites for hydroxylation is 2. The summed E-state index contributed by atoms with van der Waals surface area (Å²) in [5.41, 5.74) is 3.76. The highest BCUT2D eigenvalue weighted by Gasteiger charge is 2.19. The van der Waals surface area contributed by atoms with Crippen LogP contribution in [-0.4, -0.2) is 48.7 Å². The van der Waals surface area contributed by atoms with E-state index in [1.165, 1.54) is 6.92 Å². The van der Waals surface area contributed by atoms with Crippen molar-refractivity contribution < 1.29 is 14.4 Å². The number of ketones is 1. The van der Waals surface area contributed by atoms with E-state index in [1.807, 2.05) is 62.4 Å². The van der Waals surface area contributed by atoms with E-state index < -0.39 is 6.04 Å². The van der Waals surface area contributed by atoms with Gasteiger partial charge in [0.1, 0.15) is 0 Å². The molecule has 0 aromatic heterocycles. The van der Waals surface area contributed by atoms with Gasteiger partial charge in [0, 0.05) is 5.69 Å². The lowest BCUT2D eigenvalue weighted by Crippen LogP contribution is -2.46. The fourth-order valence-corrected chi connectivity index (χ4v) is 3.12. The third-order valence-corrected chi connectivity index (χ3v) is 4.68. The Morgan fingerprint density at radius 2 is 1.48 bits per heavy atom. The number of carbonyl (C=O) groups is 3. The number of amides is 2. The molecule has 154 valence electrons. The molecule has 2 rings (SSSR count). The maximum Gasteiger partial charge on any atom is 0.238 e. The van der Waals surface area contributed by atoms with Crippen LogP contribution < -0.4 is 10.6 Å². The minimum atomic E-state index is -0.582. The highest BCUT2D eigenvalue weighted by atomic mass is 16.2. The Hall–Kier alpha value is -2.99. The minimum absolute atomic E-state index is 0.0265. The molecule has 6 nitrogen and oxygen atoms in total. The van der Waals surface area contributed by atoms with Gasteiger partial charge < -0.3 is 10.6 Å². The molecule has 1 atom stereocenters. The molecule has 0 aliphatic carbocycles. The van der Waals surface area contributed by atoms with Gasteiger partial charge in [0.25, 0.3) is 0 Å². The summed E-state index contributed by atoms with van der Waals surface area (Å²) in [7, 11) is 1.70. The highest BCUT2D eigenvalue weighted by Crippen LogP contribution is 2.19. The van der Waals surface area contributed by atoms with Gasteiger partial charge in [0.05, 0.1) is 19.1 Å². The molecule has 2 N–H and O–H groups in total. The molecule has 0 fully saturated rings. The summed E-state index contributed by atoms with van der Waals surface area (Å²) in [5.74, 6) is -0.578. The van der Waals surface area contributed by atoms with Gasteiger partial charge >= 0.3 is 0 Å². The molecule has 0 heterocycles. The summed E-state index contributed by atoms with van der Waals surface area (Å²) in [5, 5.41) is 5.68. The Kier molecular flexibility index (Phi) is 8.09. The van der Waals surface area contributed by atoms with Crippen molar-refractivity contribution in [3.63, 3.8) is 0 Å². The van der Waals surface area contributed by atoms with Gasteiger partial charge in [-0.3, -0.25) is 19.3 Å². The van der Waals surface area contributed by atoms with Crippen LogP contribution in [0.1, 0.15) is 23.6 Å². The number of benzene rings is 2. The van der Waals surface area contributed by atoms with E-state index >= 15 is 0 Å². The van der Waals surface area contributed by atoms with Crippen molar-refractivity contribution in [2.75, 3.05) is 25.5 Å². The van der Waals surface area contributed by atoms with Crippen LogP contribution in [0.2, 0.25) is 0 Å². The zero-order valence-electron chi connectivity index (χ0n) is 17.5. The predicted octanol–water partition coefficient (Wildman–Crippen LogP) is 2.49. The van der Waals surface area contributed by atoms with Crippen LogP contribution >= 0.6 is 0 Å². The lowest BCUT2D eigenvalue weighted by Gasteiger charge is -2.20. The first-order chi connectivity index (χ1) is 13.8. The van der Waals surface area contributed by atoms with E-state index in [-0.39, 0.29) is 30.7 Å². The third kappa shape index (κ3) is 7.16. The maximum atomic E-state index is 12.4. The minimum Gasteiger partial charge on any atom is -0.345 e. The summed E-state index contributed by atoms with van der Waals surface area (Å²) in [6.07, 6.45) is 0.443. The summed E-state index contributed by atoms with van der Waals surface area (Å²) in [6.45, 7) is 5.45. The first-order valence-electron chi connectivity index (χ1n) is 9.64. The second-order valence-electron chi connectivity index (χ2n) is 7.41. The monoisotopic (exact) mass is 395 g/mol. The number of hydrogen-bond acceptors (Lipinski definition) is 4. The van der Waals surface area contributed by atoms with Gasteiger partial charge in [-0.15, -0.1) is 0 Å². The fourth-order valence-electron chi connectivity index (χ4n) is 3.12. The van der Waals surface area contributed by atoms with Gasteiger partial charge in [0.2, 0.25) is 11.8 Å². The number of Topliss-reactive ketones (excluding diaryl/α,β-unsaturated/α-hetero) is 1. The Bertz CT molecular complexity index is 845. The molecular formula is C23H29N3O3. The van der Waals surface area contributed by atoms with E-state index in [2.05, 4.69) is 10.6 Å². The van der Waals surface area contributed by atoms with Crippen molar-refractivity contribution in [1.82, 2.24) is 10.2 Å². The summed E-state index contributed by atoms with van der Waals surface area (Å²) < 4.78 is 0.